The second-order valence-electron chi connectivity index (χ2n) is 4.63. The molecule has 0 atom stereocenters. The molecule has 5 heteroatoms. The maximum atomic E-state index is 5.32. The SMILES string of the molecule is CC(C)n1ccnc1NCCN1CCOCC1. The predicted molar refractivity (Wildman–Crippen MR) is 68.4 cm³/mol. The molecular weight excluding hydrogens is 216 g/mol. The summed E-state index contributed by atoms with van der Waals surface area (Å²) >= 11 is 0. The van der Waals surface area contributed by atoms with Gasteiger partial charge in [-0.05, 0) is 13.8 Å². The van der Waals surface area contributed by atoms with Gasteiger partial charge in [0.05, 0.1) is 13.2 Å². The number of nitrogens with one attached hydrogen (secondary N) is 1. The van der Waals surface area contributed by atoms with E-state index in [0.717, 1.165) is 45.3 Å². The molecule has 2 rings (SSSR count). The highest BCUT2D eigenvalue weighted by Crippen LogP contribution is 2.11. The molecule has 0 amide bonds. The van der Waals surface area contributed by atoms with Crippen molar-refractivity contribution in [1.82, 2.24) is 14.5 Å². The number of anilines is 1. The first-order chi connectivity index (χ1) is 8.27. The molecule has 2 heterocycles. The van der Waals surface area contributed by atoms with Crippen LogP contribution in [0.1, 0.15) is 19.9 Å². The third-order valence-corrected chi connectivity index (χ3v) is 3.04. The lowest BCUT2D eigenvalue weighted by atomic mass is 10.4. The number of imidazole rings is 1. The highest BCUT2D eigenvalue weighted by Gasteiger charge is 2.10. The quantitative estimate of drug-likeness (QED) is 0.837. The third-order valence-electron chi connectivity index (χ3n) is 3.04. The zero-order valence-corrected chi connectivity index (χ0v) is 10.7. The lowest BCUT2D eigenvalue weighted by Crippen LogP contribution is -2.39. The van der Waals surface area contributed by atoms with E-state index >= 15 is 0 Å². The van der Waals surface area contributed by atoms with Gasteiger partial charge in [0.25, 0.3) is 0 Å². The van der Waals surface area contributed by atoms with Crippen LogP contribution in [0.4, 0.5) is 5.95 Å². The summed E-state index contributed by atoms with van der Waals surface area (Å²) in [6, 6.07) is 0.448. The van der Waals surface area contributed by atoms with Gasteiger partial charge in [-0.1, -0.05) is 0 Å². The third kappa shape index (κ3) is 3.44. The predicted octanol–water partition coefficient (Wildman–Crippen LogP) is 1.21. The molecule has 5 nitrogen and oxygen atoms in total. The van der Waals surface area contributed by atoms with Crippen molar-refractivity contribution in [3.8, 4) is 0 Å². The Balaban J connectivity index is 1.75. The largest absolute Gasteiger partial charge is 0.379 e. The van der Waals surface area contributed by atoms with E-state index in [4.69, 9.17) is 4.74 Å². The molecular formula is C12H22N4O. The lowest BCUT2D eigenvalue weighted by molar-refractivity contribution is 0.0398. The fourth-order valence-electron chi connectivity index (χ4n) is 2.02. The first-order valence-electron chi connectivity index (χ1n) is 6.34. The molecule has 0 aromatic carbocycles. The topological polar surface area (TPSA) is 42.3 Å². The number of hydrogen-bond acceptors (Lipinski definition) is 4. The van der Waals surface area contributed by atoms with Crippen LogP contribution in [0, 0.1) is 0 Å². The van der Waals surface area contributed by atoms with Gasteiger partial charge in [-0.3, -0.25) is 4.90 Å². The fourth-order valence-corrected chi connectivity index (χ4v) is 2.02. The van der Waals surface area contributed by atoms with Crippen LogP contribution in [0.5, 0.6) is 0 Å². The molecule has 0 aliphatic carbocycles. The van der Waals surface area contributed by atoms with Crippen molar-refractivity contribution in [3.05, 3.63) is 12.4 Å². The van der Waals surface area contributed by atoms with Gasteiger partial charge in [-0.2, -0.15) is 0 Å². The van der Waals surface area contributed by atoms with Gasteiger partial charge in [-0.25, -0.2) is 4.98 Å². The molecule has 1 aromatic heterocycles. The van der Waals surface area contributed by atoms with Gasteiger partial charge in [0, 0.05) is 44.6 Å². The van der Waals surface area contributed by atoms with Crippen LogP contribution >= 0.6 is 0 Å². The fraction of sp³-hybridized carbons (Fsp3) is 0.750. The number of nitrogens with zero attached hydrogens (tertiary/aromatic N) is 3. The molecule has 1 aliphatic heterocycles. The van der Waals surface area contributed by atoms with Gasteiger partial charge >= 0.3 is 0 Å². The molecule has 17 heavy (non-hydrogen) atoms. The highest BCUT2D eigenvalue weighted by atomic mass is 16.5. The second-order valence-corrected chi connectivity index (χ2v) is 4.63. The van der Waals surface area contributed by atoms with Crippen molar-refractivity contribution in [3.63, 3.8) is 0 Å². The van der Waals surface area contributed by atoms with Crippen LogP contribution in [-0.4, -0.2) is 53.8 Å². The Morgan fingerprint density at radius 3 is 2.88 bits per heavy atom. The average Bonchev–Trinajstić information content (AvgIpc) is 2.79. The van der Waals surface area contributed by atoms with Gasteiger partial charge in [-0.15, -0.1) is 0 Å². The Morgan fingerprint density at radius 1 is 1.41 bits per heavy atom. The summed E-state index contributed by atoms with van der Waals surface area (Å²) in [5.41, 5.74) is 0. The monoisotopic (exact) mass is 238 g/mol. The first-order valence-corrected chi connectivity index (χ1v) is 6.34. The Kier molecular flexibility index (Phi) is 4.39. The van der Waals surface area contributed by atoms with Crippen molar-refractivity contribution in [2.24, 2.45) is 0 Å². The van der Waals surface area contributed by atoms with Crippen LogP contribution in [0.3, 0.4) is 0 Å². The zero-order valence-electron chi connectivity index (χ0n) is 10.7. The van der Waals surface area contributed by atoms with E-state index < -0.39 is 0 Å². The number of aromatic nitrogens is 2. The molecule has 0 bridgehead atoms. The van der Waals surface area contributed by atoms with E-state index in [1.54, 1.807) is 0 Å². The van der Waals surface area contributed by atoms with Crippen molar-refractivity contribution >= 4 is 5.95 Å². The molecule has 1 saturated heterocycles. The molecule has 96 valence electrons. The Bertz CT molecular complexity index is 331. The van der Waals surface area contributed by atoms with Crippen molar-refractivity contribution in [2.45, 2.75) is 19.9 Å². The minimum absolute atomic E-state index is 0.448. The van der Waals surface area contributed by atoms with Crippen LogP contribution in [0.25, 0.3) is 0 Å². The summed E-state index contributed by atoms with van der Waals surface area (Å²) in [6.07, 6.45) is 3.86. The molecule has 0 radical (unpaired) electrons. The highest BCUT2D eigenvalue weighted by molar-refractivity contribution is 5.26. The standard InChI is InChI=1S/C12H22N4O/c1-11(2)16-6-4-14-12(16)13-3-5-15-7-9-17-10-8-15/h4,6,11H,3,5,7-10H2,1-2H3,(H,13,14). The average molecular weight is 238 g/mol. The first kappa shape index (κ1) is 12.4. The molecule has 0 saturated carbocycles. The number of morpholine rings is 1. The van der Waals surface area contributed by atoms with Crippen LogP contribution < -0.4 is 5.32 Å². The van der Waals surface area contributed by atoms with Gasteiger partial charge in [0.1, 0.15) is 0 Å². The Labute approximate surface area is 103 Å². The van der Waals surface area contributed by atoms with Gasteiger partial charge in [0.2, 0.25) is 5.95 Å². The van der Waals surface area contributed by atoms with Crippen molar-refractivity contribution in [1.29, 1.82) is 0 Å². The van der Waals surface area contributed by atoms with Crippen LogP contribution in [0.15, 0.2) is 12.4 Å². The smallest absolute Gasteiger partial charge is 0.203 e. The Morgan fingerprint density at radius 2 is 2.18 bits per heavy atom. The molecule has 1 aliphatic rings. The Hall–Kier alpha value is -1.07. The molecule has 0 unspecified atom stereocenters. The van der Waals surface area contributed by atoms with E-state index in [9.17, 15) is 0 Å². The summed E-state index contributed by atoms with van der Waals surface area (Å²) < 4.78 is 7.48. The van der Waals surface area contributed by atoms with Crippen molar-refractivity contribution < 1.29 is 4.74 Å². The van der Waals surface area contributed by atoms with Gasteiger partial charge < -0.3 is 14.6 Å². The zero-order chi connectivity index (χ0) is 12.1. The van der Waals surface area contributed by atoms with Crippen LogP contribution in [-0.2, 0) is 4.74 Å². The van der Waals surface area contributed by atoms with E-state index in [-0.39, 0.29) is 0 Å². The van der Waals surface area contributed by atoms with E-state index in [1.807, 2.05) is 12.4 Å². The number of rotatable bonds is 5. The lowest BCUT2D eigenvalue weighted by Gasteiger charge is -2.26. The van der Waals surface area contributed by atoms with Gasteiger partial charge in [0.15, 0.2) is 0 Å². The normalized spacial score (nSPS) is 17.6. The summed E-state index contributed by atoms with van der Waals surface area (Å²) in [5, 5.41) is 3.39. The number of ether oxygens (including phenoxy) is 1. The maximum absolute atomic E-state index is 5.32. The summed E-state index contributed by atoms with van der Waals surface area (Å²) in [7, 11) is 0. The number of hydrogen-bond donors (Lipinski definition) is 1. The van der Waals surface area contributed by atoms with E-state index in [0.29, 0.717) is 6.04 Å². The molecule has 0 spiro atoms. The van der Waals surface area contributed by atoms with Crippen LogP contribution in [0.2, 0.25) is 0 Å². The van der Waals surface area contributed by atoms with E-state index in [1.165, 1.54) is 0 Å². The van der Waals surface area contributed by atoms with E-state index in [2.05, 4.69) is 33.6 Å². The summed E-state index contributed by atoms with van der Waals surface area (Å²) in [5.74, 6) is 0.966. The minimum Gasteiger partial charge on any atom is -0.379 e. The molecule has 1 aromatic rings. The molecule has 1 N–H and O–H groups in total. The summed E-state index contributed by atoms with van der Waals surface area (Å²) in [6.45, 7) is 10.1. The maximum Gasteiger partial charge on any atom is 0.203 e. The summed E-state index contributed by atoms with van der Waals surface area (Å²) in [4.78, 5) is 6.74. The minimum atomic E-state index is 0.448. The molecule has 1 fully saturated rings. The van der Waals surface area contributed by atoms with Crippen molar-refractivity contribution in [2.75, 3.05) is 44.7 Å². The second kappa shape index (κ2) is 6.02.